The SMILES string of the molecule is O=C(OCl)c1cccnc1Br. The minimum atomic E-state index is -0.619. The Kier molecular flexibility index (Phi) is 2.84. The number of carbonyl (C=O) groups excluding carboxylic acids is 1. The smallest absolute Gasteiger partial charge is 0.343 e. The molecule has 0 spiro atoms. The molecule has 1 heterocycles. The normalized spacial score (nSPS) is 9.27. The Labute approximate surface area is 76.6 Å². The molecular formula is C6H3BrClNO2. The topological polar surface area (TPSA) is 39.2 Å². The van der Waals surface area contributed by atoms with E-state index in [0.717, 1.165) is 0 Å². The van der Waals surface area contributed by atoms with Gasteiger partial charge in [0.25, 0.3) is 0 Å². The number of pyridine rings is 1. The summed E-state index contributed by atoms with van der Waals surface area (Å²) in [6.07, 6.45) is 1.55. The number of rotatable bonds is 1. The van der Waals surface area contributed by atoms with Gasteiger partial charge in [-0.2, -0.15) is 0 Å². The van der Waals surface area contributed by atoms with Gasteiger partial charge in [0.1, 0.15) is 16.5 Å². The van der Waals surface area contributed by atoms with Gasteiger partial charge >= 0.3 is 5.97 Å². The highest BCUT2D eigenvalue weighted by Gasteiger charge is 2.10. The van der Waals surface area contributed by atoms with Crippen LogP contribution in [0, 0.1) is 0 Å². The van der Waals surface area contributed by atoms with Gasteiger partial charge in [0.05, 0.1) is 5.56 Å². The second kappa shape index (κ2) is 3.69. The van der Waals surface area contributed by atoms with Crippen LogP contribution in [0.25, 0.3) is 0 Å². The van der Waals surface area contributed by atoms with Crippen molar-refractivity contribution in [2.75, 3.05) is 0 Å². The minimum Gasteiger partial charge on any atom is -0.343 e. The molecule has 0 bridgehead atoms. The molecule has 0 unspecified atom stereocenters. The van der Waals surface area contributed by atoms with Gasteiger partial charge in [0, 0.05) is 6.20 Å². The number of halogens is 2. The van der Waals surface area contributed by atoms with Gasteiger partial charge in [-0.05, 0) is 28.1 Å². The van der Waals surface area contributed by atoms with Gasteiger partial charge in [-0.3, -0.25) is 0 Å². The lowest BCUT2D eigenvalue weighted by Crippen LogP contribution is -1.99. The molecule has 0 N–H and O–H groups in total. The molecule has 0 atom stereocenters. The van der Waals surface area contributed by atoms with Crippen LogP contribution in [0.4, 0.5) is 0 Å². The summed E-state index contributed by atoms with van der Waals surface area (Å²) < 4.78 is 4.40. The van der Waals surface area contributed by atoms with E-state index in [1.54, 1.807) is 18.3 Å². The molecule has 1 aromatic heterocycles. The first-order valence-corrected chi connectivity index (χ1v) is 3.79. The van der Waals surface area contributed by atoms with Crippen LogP contribution in [-0.4, -0.2) is 11.0 Å². The maximum atomic E-state index is 10.8. The van der Waals surface area contributed by atoms with E-state index in [1.807, 2.05) is 0 Å². The molecule has 1 aromatic rings. The van der Waals surface area contributed by atoms with Crippen molar-refractivity contribution in [1.82, 2.24) is 4.98 Å². The molecule has 1 rings (SSSR count). The van der Waals surface area contributed by atoms with E-state index >= 15 is 0 Å². The fourth-order valence-electron chi connectivity index (χ4n) is 0.580. The van der Waals surface area contributed by atoms with Crippen LogP contribution < -0.4 is 0 Å². The lowest BCUT2D eigenvalue weighted by Gasteiger charge is -1.96. The highest BCUT2D eigenvalue weighted by Crippen LogP contribution is 2.13. The third-order valence-corrected chi connectivity index (χ3v) is 1.82. The molecular weight excluding hydrogens is 233 g/mol. The maximum Gasteiger partial charge on any atom is 0.359 e. The molecule has 0 aromatic carbocycles. The van der Waals surface area contributed by atoms with Crippen LogP contribution in [0.1, 0.15) is 10.4 Å². The van der Waals surface area contributed by atoms with E-state index in [9.17, 15) is 4.79 Å². The first-order chi connectivity index (χ1) is 5.25. The van der Waals surface area contributed by atoms with Crippen molar-refractivity contribution in [1.29, 1.82) is 0 Å². The van der Waals surface area contributed by atoms with Crippen molar-refractivity contribution >= 4 is 33.8 Å². The van der Waals surface area contributed by atoms with Gasteiger partial charge in [-0.15, -0.1) is 0 Å². The lowest BCUT2D eigenvalue weighted by molar-refractivity contribution is 0.0750. The van der Waals surface area contributed by atoms with Crippen molar-refractivity contribution in [3.8, 4) is 0 Å². The van der Waals surface area contributed by atoms with E-state index in [-0.39, 0.29) is 0 Å². The first kappa shape index (κ1) is 8.49. The zero-order valence-electron chi connectivity index (χ0n) is 5.25. The predicted octanol–water partition coefficient (Wildman–Crippen LogP) is 2.15. The summed E-state index contributed by atoms with van der Waals surface area (Å²) in [6, 6.07) is 3.18. The third-order valence-electron chi connectivity index (χ3n) is 1.05. The highest BCUT2D eigenvalue weighted by atomic mass is 79.9. The minimum absolute atomic E-state index is 0.308. The van der Waals surface area contributed by atoms with Crippen molar-refractivity contribution < 1.29 is 9.08 Å². The molecule has 0 aliphatic carbocycles. The molecule has 0 radical (unpaired) electrons. The summed E-state index contributed by atoms with van der Waals surface area (Å²) >= 11 is 7.93. The monoisotopic (exact) mass is 235 g/mol. The van der Waals surface area contributed by atoms with Gasteiger partial charge in [-0.25, -0.2) is 9.78 Å². The number of hydrogen-bond donors (Lipinski definition) is 0. The molecule has 0 saturated carbocycles. The van der Waals surface area contributed by atoms with Gasteiger partial charge in [0.15, 0.2) is 0 Å². The third kappa shape index (κ3) is 1.91. The molecule has 5 heteroatoms. The van der Waals surface area contributed by atoms with E-state index in [1.165, 1.54) is 0 Å². The summed E-state index contributed by atoms with van der Waals surface area (Å²) in [7, 11) is 0. The zero-order valence-corrected chi connectivity index (χ0v) is 7.59. The average Bonchev–Trinajstić information content (AvgIpc) is 2.04. The Morgan fingerprint density at radius 1 is 1.73 bits per heavy atom. The van der Waals surface area contributed by atoms with E-state index in [0.29, 0.717) is 10.2 Å². The predicted molar refractivity (Wildman–Crippen MR) is 43.2 cm³/mol. The summed E-state index contributed by atoms with van der Waals surface area (Å²) in [5.74, 6) is -0.619. The summed E-state index contributed by atoms with van der Waals surface area (Å²) in [6.45, 7) is 0. The van der Waals surface area contributed by atoms with Gasteiger partial charge in [-0.1, -0.05) is 0 Å². The number of aromatic nitrogens is 1. The molecule has 0 aliphatic rings. The van der Waals surface area contributed by atoms with Crippen LogP contribution in [0.15, 0.2) is 22.9 Å². The summed E-state index contributed by atoms with van der Waals surface area (Å²) in [5.41, 5.74) is 0.308. The van der Waals surface area contributed by atoms with Crippen LogP contribution in [0.2, 0.25) is 0 Å². The van der Waals surface area contributed by atoms with Crippen molar-refractivity contribution in [2.24, 2.45) is 0 Å². The molecule has 0 fully saturated rings. The molecule has 0 amide bonds. The fourth-order valence-corrected chi connectivity index (χ4v) is 1.08. The maximum absolute atomic E-state index is 10.8. The highest BCUT2D eigenvalue weighted by molar-refractivity contribution is 9.10. The molecule has 0 aliphatic heterocycles. The van der Waals surface area contributed by atoms with Crippen LogP contribution in [0.3, 0.4) is 0 Å². The summed E-state index contributed by atoms with van der Waals surface area (Å²) in [4.78, 5) is 14.6. The molecule has 0 saturated heterocycles. The van der Waals surface area contributed by atoms with E-state index < -0.39 is 5.97 Å². The average molecular weight is 236 g/mol. The van der Waals surface area contributed by atoms with Crippen molar-refractivity contribution in [3.63, 3.8) is 0 Å². The number of carbonyl (C=O) groups is 1. The zero-order chi connectivity index (χ0) is 8.27. The lowest BCUT2D eigenvalue weighted by atomic mass is 10.3. The Bertz CT molecular complexity index is 279. The van der Waals surface area contributed by atoms with E-state index in [2.05, 4.69) is 25.2 Å². The summed E-state index contributed by atoms with van der Waals surface area (Å²) in [5, 5.41) is 0. The van der Waals surface area contributed by atoms with Crippen molar-refractivity contribution in [3.05, 3.63) is 28.5 Å². The quantitative estimate of drug-likeness (QED) is 0.702. The first-order valence-electron chi connectivity index (χ1n) is 2.69. The number of hydrogen-bond acceptors (Lipinski definition) is 3. The second-order valence-electron chi connectivity index (χ2n) is 1.71. The standard InChI is InChI=1S/C6H3BrClNO2/c7-5-4(6(10)11-8)2-1-3-9-5/h1-3H. The second-order valence-corrected chi connectivity index (χ2v) is 2.61. The number of nitrogens with zero attached hydrogens (tertiary/aromatic N) is 1. The van der Waals surface area contributed by atoms with Crippen molar-refractivity contribution in [2.45, 2.75) is 0 Å². The molecule has 11 heavy (non-hydrogen) atoms. The Balaban J connectivity index is 3.03. The Morgan fingerprint density at radius 3 is 3.00 bits per heavy atom. The molecule has 58 valence electrons. The van der Waals surface area contributed by atoms with Crippen LogP contribution in [-0.2, 0) is 4.29 Å². The Morgan fingerprint density at radius 2 is 2.45 bits per heavy atom. The fraction of sp³-hybridized carbons (Fsp3) is 0. The van der Waals surface area contributed by atoms with Crippen LogP contribution in [0.5, 0.6) is 0 Å². The van der Waals surface area contributed by atoms with Crippen LogP contribution >= 0.6 is 27.8 Å². The molecule has 3 nitrogen and oxygen atoms in total. The largest absolute Gasteiger partial charge is 0.359 e. The van der Waals surface area contributed by atoms with Gasteiger partial charge < -0.3 is 4.29 Å². The Hall–Kier alpha value is -0.610. The van der Waals surface area contributed by atoms with E-state index in [4.69, 9.17) is 11.9 Å². The van der Waals surface area contributed by atoms with Gasteiger partial charge in [0.2, 0.25) is 0 Å².